The highest BCUT2D eigenvalue weighted by atomic mass is 79.9. The summed E-state index contributed by atoms with van der Waals surface area (Å²) in [4.78, 5) is 15.7. The molecule has 0 aliphatic carbocycles. The Morgan fingerprint density at radius 1 is 1.35 bits per heavy atom. The van der Waals surface area contributed by atoms with Crippen LogP contribution in [0.25, 0.3) is 10.9 Å². The predicted molar refractivity (Wildman–Crippen MR) is 70.5 cm³/mol. The number of rotatable bonds is 2. The first kappa shape index (κ1) is 12.0. The lowest BCUT2D eigenvalue weighted by Crippen LogP contribution is -2.03. The van der Waals surface area contributed by atoms with E-state index in [2.05, 4.69) is 20.9 Å². The number of nitrogens with zero attached hydrogens (tertiary/aromatic N) is 1. The Labute approximate surface area is 108 Å². The van der Waals surface area contributed by atoms with Crippen LogP contribution in [0.15, 0.2) is 28.7 Å². The van der Waals surface area contributed by atoms with Crippen LogP contribution >= 0.6 is 15.9 Å². The van der Waals surface area contributed by atoms with Gasteiger partial charge in [-0.1, -0.05) is 29.8 Å². The van der Waals surface area contributed by atoms with Crippen LogP contribution in [0.1, 0.15) is 35.8 Å². The third-order valence-electron chi connectivity index (χ3n) is 2.61. The summed E-state index contributed by atoms with van der Waals surface area (Å²) in [6, 6.07) is 7.14. The second kappa shape index (κ2) is 4.45. The maximum Gasteiger partial charge on any atom is 0.336 e. The van der Waals surface area contributed by atoms with Crippen molar-refractivity contribution in [2.24, 2.45) is 0 Å². The molecule has 0 atom stereocenters. The van der Waals surface area contributed by atoms with E-state index in [1.165, 1.54) is 0 Å². The molecule has 1 heterocycles. The van der Waals surface area contributed by atoms with Crippen molar-refractivity contribution in [3.63, 3.8) is 0 Å². The van der Waals surface area contributed by atoms with Crippen molar-refractivity contribution >= 4 is 32.8 Å². The highest BCUT2D eigenvalue weighted by molar-refractivity contribution is 9.10. The molecular formula is C13H12BrNO2. The number of aromatic nitrogens is 1. The minimum atomic E-state index is -0.919. The number of pyridine rings is 1. The number of carboxylic acids is 1. The first-order chi connectivity index (χ1) is 7.99. The Kier molecular flexibility index (Phi) is 3.15. The van der Waals surface area contributed by atoms with Gasteiger partial charge in [-0.3, -0.25) is 4.98 Å². The summed E-state index contributed by atoms with van der Waals surface area (Å²) >= 11 is 3.34. The summed E-state index contributed by atoms with van der Waals surface area (Å²) < 4.78 is 0.853. The zero-order chi connectivity index (χ0) is 12.6. The number of aromatic carboxylic acids is 1. The first-order valence-corrected chi connectivity index (χ1v) is 6.12. The van der Waals surface area contributed by atoms with E-state index in [0.717, 1.165) is 15.7 Å². The summed E-state index contributed by atoms with van der Waals surface area (Å²) in [5.74, 6) is -0.710. The molecule has 88 valence electrons. The second-order valence-electron chi connectivity index (χ2n) is 4.22. The van der Waals surface area contributed by atoms with Crippen LogP contribution < -0.4 is 0 Å². The number of carboxylic acid groups (broad SMARTS) is 1. The van der Waals surface area contributed by atoms with E-state index in [9.17, 15) is 9.90 Å². The SMILES string of the molecule is CC(C)c1cc(C(=O)O)c2cc(Br)ccc2n1. The molecule has 0 unspecified atom stereocenters. The summed E-state index contributed by atoms with van der Waals surface area (Å²) in [6.45, 7) is 4.00. The van der Waals surface area contributed by atoms with Crippen LogP contribution in [0, 0.1) is 0 Å². The quantitative estimate of drug-likeness (QED) is 0.916. The van der Waals surface area contributed by atoms with Crippen molar-refractivity contribution in [1.29, 1.82) is 0 Å². The molecule has 4 heteroatoms. The standard InChI is InChI=1S/C13H12BrNO2/c1-7(2)12-6-10(13(16)17)9-5-8(14)3-4-11(9)15-12/h3-7H,1-2H3,(H,16,17). The average Bonchev–Trinajstić information content (AvgIpc) is 2.27. The van der Waals surface area contributed by atoms with E-state index < -0.39 is 5.97 Å². The smallest absolute Gasteiger partial charge is 0.336 e. The molecule has 0 radical (unpaired) electrons. The predicted octanol–water partition coefficient (Wildman–Crippen LogP) is 3.82. The Balaban J connectivity index is 2.81. The number of hydrogen-bond donors (Lipinski definition) is 1. The van der Waals surface area contributed by atoms with Gasteiger partial charge in [0.1, 0.15) is 0 Å². The maximum absolute atomic E-state index is 11.3. The van der Waals surface area contributed by atoms with Crippen LogP contribution in [-0.4, -0.2) is 16.1 Å². The highest BCUT2D eigenvalue weighted by Crippen LogP contribution is 2.25. The molecule has 0 fully saturated rings. The fourth-order valence-corrected chi connectivity index (χ4v) is 2.05. The zero-order valence-electron chi connectivity index (χ0n) is 9.57. The van der Waals surface area contributed by atoms with Gasteiger partial charge in [-0.15, -0.1) is 0 Å². The van der Waals surface area contributed by atoms with E-state index in [0.29, 0.717) is 10.9 Å². The summed E-state index contributed by atoms with van der Waals surface area (Å²) in [5, 5.41) is 9.90. The van der Waals surface area contributed by atoms with Crippen molar-refractivity contribution < 1.29 is 9.90 Å². The third kappa shape index (κ3) is 2.31. The van der Waals surface area contributed by atoms with E-state index in [-0.39, 0.29) is 5.92 Å². The number of fused-ring (bicyclic) bond motifs is 1. The van der Waals surface area contributed by atoms with E-state index in [4.69, 9.17) is 0 Å². The summed E-state index contributed by atoms with van der Waals surface area (Å²) in [6.07, 6.45) is 0. The van der Waals surface area contributed by atoms with E-state index >= 15 is 0 Å². The Morgan fingerprint density at radius 2 is 2.06 bits per heavy atom. The van der Waals surface area contributed by atoms with Gasteiger partial charge in [0.25, 0.3) is 0 Å². The van der Waals surface area contributed by atoms with Crippen LogP contribution in [0.3, 0.4) is 0 Å². The molecule has 0 bridgehead atoms. The highest BCUT2D eigenvalue weighted by Gasteiger charge is 2.13. The first-order valence-electron chi connectivity index (χ1n) is 5.32. The van der Waals surface area contributed by atoms with Crippen molar-refractivity contribution in [3.05, 3.63) is 40.0 Å². The molecule has 1 aromatic heterocycles. The van der Waals surface area contributed by atoms with Crippen molar-refractivity contribution in [1.82, 2.24) is 4.98 Å². The Hall–Kier alpha value is -1.42. The molecule has 17 heavy (non-hydrogen) atoms. The monoisotopic (exact) mass is 293 g/mol. The van der Waals surface area contributed by atoms with Gasteiger partial charge in [0.2, 0.25) is 0 Å². The third-order valence-corrected chi connectivity index (χ3v) is 3.11. The minimum absolute atomic E-state index is 0.209. The zero-order valence-corrected chi connectivity index (χ0v) is 11.2. The fourth-order valence-electron chi connectivity index (χ4n) is 1.69. The number of halogens is 1. The van der Waals surface area contributed by atoms with Gasteiger partial charge in [-0.2, -0.15) is 0 Å². The molecule has 3 nitrogen and oxygen atoms in total. The lowest BCUT2D eigenvalue weighted by Gasteiger charge is -2.09. The van der Waals surface area contributed by atoms with Crippen molar-refractivity contribution in [2.75, 3.05) is 0 Å². The van der Waals surface area contributed by atoms with Crippen LogP contribution in [-0.2, 0) is 0 Å². The molecule has 1 N–H and O–H groups in total. The largest absolute Gasteiger partial charge is 0.478 e. The number of benzene rings is 1. The number of hydrogen-bond acceptors (Lipinski definition) is 2. The van der Waals surface area contributed by atoms with Gasteiger partial charge in [0.15, 0.2) is 0 Å². The maximum atomic E-state index is 11.3. The molecule has 0 spiro atoms. The van der Waals surface area contributed by atoms with Gasteiger partial charge in [-0.05, 0) is 30.2 Å². The number of carbonyl (C=O) groups is 1. The molecule has 0 amide bonds. The normalized spacial score (nSPS) is 11.1. The molecule has 0 aliphatic rings. The minimum Gasteiger partial charge on any atom is -0.478 e. The summed E-state index contributed by atoms with van der Waals surface area (Å²) in [7, 11) is 0. The van der Waals surface area contributed by atoms with Gasteiger partial charge in [-0.25, -0.2) is 4.79 Å². The second-order valence-corrected chi connectivity index (χ2v) is 5.13. The Bertz CT molecular complexity index is 593. The van der Waals surface area contributed by atoms with E-state index in [1.54, 1.807) is 12.1 Å². The molecule has 1 aromatic carbocycles. The molecule has 2 aromatic rings. The topological polar surface area (TPSA) is 50.2 Å². The van der Waals surface area contributed by atoms with Gasteiger partial charge >= 0.3 is 5.97 Å². The lowest BCUT2D eigenvalue weighted by molar-refractivity contribution is 0.0699. The van der Waals surface area contributed by atoms with Crippen LogP contribution in [0.2, 0.25) is 0 Å². The van der Waals surface area contributed by atoms with Crippen molar-refractivity contribution in [3.8, 4) is 0 Å². The van der Waals surface area contributed by atoms with Gasteiger partial charge < -0.3 is 5.11 Å². The van der Waals surface area contributed by atoms with Crippen molar-refractivity contribution in [2.45, 2.75) is 19.8 Å². The van der Waals surface area contributed by atoms with Crippen LogP contribution in [0.5, 0.6) is 0 Å². The lowest BCUT2D eigenvalue weighted by atomic mass is 10.0. The molecule has 0 aliphatic heterocycles. The van der Waals surface area contributed by atoms with Gasteiger partial charge in [0, 0.05) is 15.6 Å². The van der Waals surface area contributed by atoms with Gasteiger partial charge in [0.05, 0.1) is 11.1 Å². The Morgan fingerprint density at radius 3 is 2.65 bits per heavy atom. The molecule has 0 saturated carbocycles. The van der Waals surface area contributed by atoms with Crippen LogP contribution in [0.4, 0.5) is 0 Å². The average molecular weight is 294 g/mol. The summed E-state index contributed by atoms with van der Waals surface area (Å²) in [5.41, 5.74) is 1.83. The molecule has 2 rings (SSSR count). The van der Waals surface area contributed by atoms with E-state index in [1.807, 2.05) is 26.0 Å². The molecule has 0 saturated heterocycles. The molecular weight excluding hydrogens is 282 g/mol. The fraction of sp³-hybridized carbons (Fsp3) is 0.231.